The molecule has 1 aliphatic rings. The van der Waals surface area contributed by atoms with Gasteiger partial charge in [0, 0.05) is 25.4 Å². The molecule has 1 aromatic rings. The highest BCUT2D eigenvalue weighted by atomic mass is 16.2. The Hall–Kier alpha value is -1.83. The number of hydrogen-bond donors (Lipinski definition) is 2. The standard InChI is InChI=1S/C12H16N4O/c13-9-12(4-1-2-5-12)11(17)16-6-3-10-14-7-8-15-10/h7-8H,1-6H2,(H,14,15)(H,16,17). The fraction of sp³-hybridized carbons (Fsp3) is 0.583. The Morgan fingerprint density at radius 1 is 1.59 bits per heavy atom. The molecule has 2 N–H and O–H groups in total. The second-order valence-electron chi connectivity index (χ2n) is 4.44. The number of H-pyrrole nitrogens is 1. The maximum absolute atomic E-state index is 12.0. The van der Waals surface area contributed by atoms with Crippen molar-refractivity contribution < 1.29 is 4.79 Å². The summed E-state index contributed by atoms with van der Waals surface area (Å²) in [6, 6.07) is 2.19. The zero-order valence-corrected chi connectivity index (χ0v) is 9.70. The summed E-state index contributed by atoms with van der Waals surface area (Å²) in [7, 11) is 0. The molecule has 1 aromatic heterocycles. The van der Waals surface area contributed by atoms with Crippen LogP contribution in [0.2, 0.25) is 0 Å². The smallest absolute Gasteiger partial charge is 0.240 e. The number of carbonyl (C=O) groups is 1. The molecular formula is C12H16N4O. The Kier molecular flexibility index (Phi) is 3.43. The van der Waals surface area contributed by atoms with Gasteiger partial charge in [0.05, 0.1) is 6.07 Å². The van der Waals surface area contributed by atoms with Gasteiger partial charge >= 0.3 is 0 Å². The minimum atomic E-state index is -0.775. The van der Waals surface area contributed by atoms with Crippen LogP contribution in [0.1, 0.15) is 31.5 Å². The molecule has 0 spiro atoms. The molecule has 1 fully saturated rings. The van der Waals surface area contributed by atoms with Gasteiger partial charge in [0.2, 0.25) is 5.91 Å². The number of imidazole rings is 1. The highest BCUT2D eigenvalue weighted by Gasteiger charge is 2.41. The molecule has 0 aliphatic heterocycles. The van der Waals surface area contributed by atoms with Gasteiger partial charge in [-0.25, -0.2) is 4.98 Å². The van der Waals surface area contributed by atoms with Crippen molar-refractivity contribution in [3.8, 4) is 6.07 Å². The molecule has 1 aliphatic carbocycles. The van der Waals surface area contributed by atoms with E-state index in [1.54, 1.807) is 12.4 Å². The van der Waals surface area contributed by atoms with E-state index in [1.165, 1.54) is 0 Å². The largest absolute Gasteiger partial charge is 0.354 e. The molecule has 0 radical (unpaired) electrons. The van der Waals surface area contributed by atoms with Crippen LogP contribution in [0, 0.1) is 16.7 Å². The van der Waals surface area contributed by atoms with Gasteiger partial charge in [0.1, 0.15) is 11.2 Å². The van der Waals surface area contributed by atoms with Crippen molar-refractivity contribution in [1.82, 2.24) is 15.3 Å². The minimum Gasteiger partial charge on any atom is -0.354 e. The molecule has 2 rings (SSSR count). The number of rotatable bonds is 4. The van der Waals surface area contributed by atoms with E-state index >= 15 is 0 Å². The minimum absolute atomic E-state index is 0.121. The third kappa shape index (κ3) is 2.47. The lowest BCUT2D eigenvalue weighted by Gasteiger charge is -2.18. The van der Waals surface area contributed by atoms with Crippen molar-refractivity contribution >= 4 is 5.91 Å². The SMILES string of the molecule is N#CC1(C(=O)NCCc2ncc[nH]2)CCCC1. The molecule has 0 unspecified atom stereocenters. The number of hydrogen-bond acceptors (Lipinski definition) is 3. The molecule has 90 valence electrons. The molecule has 0 bridgehead atoms. The maximum Gasteiger partial charge on any atom is 0.240 e. The van der Waals surface area contributed by atoms with Crippen molar-refractivity contribution in [3.05, 3.63) is 18.2 Å². The van der Waals surface area contributed by atoms with Crippen molar-refractivity contribution in [1.29, 1.82) is 5.26 Å². The average Bonchev–Trinajstić information content (AvgIpc) is 3.00. The monoisotopic (exact) mass is 232 g/mol. The van der Waals surface area contributed by atoms with Crippen molar-refractivity contribution in [2.24, 2.45) is 5.41 Å². The number of carbonyl (C=O) groups excluding carboxylic acids is 1. The molecular weight excluding hydrogens is 216 g/mol. The Labute approximate surface area is 100 Å². The van der Waals surface area contributed by atoms with E-state index in [-0.39, 0.29) is 5.91 Å². The summed E-state index contributed by atoms with van der Waals surface area (Å²) in [5, 5.41) is 12.0. The van der Waals surface area contributed by atoms with Crippen molar-refractivity contribution in [2.45, 2.75) is 32.1 Å². The molecule has 0 atom stereocenters. The van der Waals surface area contributed by atoms with Crippen LogP contribution in [0.15, 0.2) is 12.4 Å². The Morgan fingerprint density at radius 2 is 2.35 bits per heavy atom. The fourth-order valence-electron chi connectivity index (χ4n) is 2.27. The number of nitrogens with zero attached hydrogens (tertiary/aromatic N) is 2. The summed E-state index contributed by atoms with van der Waals surface area (Å²) in [6.45, 7) is 0.524. The first-order valence-corrected chi connectivity index (χ1v) is 5.95. The number of aromatic nitrogens is 2. The number of amides is 1. The van der Waals surface area contributed by atoms with E-state index in [4.69, 9.17) is 5.26 Å². The summed E-state index contributed by atoms with van der Waals surface area (Å²) in [5.41, 5.74) is -0.775. The van der Waals surface area contributed by atoms with Gasteiger partial charge in [-0.3, -0.25) is 4.79 Å². The Balaban J connectivity index is 1.83. The van der Waals surface area contributed by atoms with Crippen LogP contribution < -0.4 is 5.32 Å². The second kappa shape index (κ2) is 5.00. The van der Waals surface area contributed by atoms with E-state index in [1.807, 2.05) is 0 Å². The quantitative estimate of drug-likeness (QED) is 0.817. The Bertz CT molecular complexity index is 412. The first kappa shape index (κ1) is 11.6. The summed E-state index contributed by atoms with van der Waals surface area (Å²) in [6.07, 6.45) is 7.43. The molecule has 1 amide bonds. The third-order valence-electron chi connectivity index (χ3n) is 3.31. The van der Waals surface area contributed by atoms with E-state index in [2.05, 4.69) is 21.4 Å². The predicted molar refractivity (Wildman–Crippen MR) is 61.8 cm³/mol. The molecule has 0 aromatic carbocycles. The van der Waals surface area contributed by atoms with E-state index < -0.39 is 5.41 Å². The fourth-order valence-corrected chi connectivity index (χ4v) is 2.27. The summed E-state index contributed by atoms with van der Waals surface area (Å²) >= 11 is 0. The van der Waals surface area contributed by atoms with Gasteiger partial charge in [-0.2, -0.15) is 5.26 Å². The third-order valence-corrected chi connectivity index (χ3v) is 3.31. The number of nitriles is 1. The van der Waals surface area contributed by atoms with Crippen LogP contribution in [0.5, 0.6) is 0 Å². The van der Waals surface area contributed by atoms with Gasteiger partial charge in [0.25, 0.3) is 0 Å². The topological polar surface area (TPSA) is 81.6 Å². The van der Waals surface area contributed by atoms with E-state index in [9.17, 15) is 4.79 Å². The van der Waals surface area contributed by atoms with Crippen LogP contribution in [-0.2, 0) is 11.2 Å². The van der Waals surface area contributed by atoms with E-state index in [0.717, 1.165) is 18.7 Å². The second-order valence-corrected chi connectivity index (χ2v) is 4.44. The summed E-state index contributed by atoms with van der Waals surface area (Å²) in [5.74, 6) is 0.729. The van der Waals surface area contributed by atoms with Gasteiger partial charge in [0.15, 0.2) is 0 Å². The van der Waals surface area contributed by atoms with Gasteiger partial charge < -0.3 is 10.3 Å². The van der Waals surface area contributed by atoms with Crippen LogP contribution >= 0.6 is 0 Å². The molecule has 5 heteroatoms. The molecule has 1 heterocycles. The summed E-state index contributed by atoms with van der Waals surface area (Å²) < 4.78 is 0. The molecule has 17 heavy (non-hydrogen) atoms. The van der Waals surface area contributed by atoms with E-state index in [0.29, 0.717) is 25.8 Å². The lowest BCUT2D eigenvalue weighted by Crippen LogP contribution is -2.39. The molecule has 0 saturated heterocycles. The van der Waals surface area contributed by atoms with Crippen LogP contribution in [0.4, 0.5) is 0 Å². The van der Waals surface area contributed by atoms with Crippen LogP contribution in [-0.4, -0.2) is 22.4 Å². The highest BCUT2D eigenvalue weighted by Crippen LogP contribution is 2.37. The van der Waals surface area contributed by atoms with Gasteiger partial charge in [-0.15, -0.1) is 0 Å². The predicted octanol–water partition coefficient (Wildman–Crippen LogP) is 1.15. The number of aromatic amines is 1. The maximum atomic E-state index is 12.0. The van der Waals surface area contributed by atoms with Gasteiger partial charge in [-0.05, 0) is 12.8 Å². The average molecular weight is 232 g/mol. The lowest BCUT2D eigenvalue weighted by atomic mass is 9.87. The highest BCUT2D eigenvalue weighted by molar-refractivity contribution is 5.85. The van der Waals surface area contributed by atoms with Crippen molar-refractivity contribution in [2.75, 3.05) is 6.54 Å². The number of nitrogens with one attached hydrogen (secondary N) is 2. The first-order chi connectivity index (χ1) is 8.27. The lowest BCUT2D eigenvalue weighted by molar-refractivity contribution is -0.127. The van der Waals surface area contributed by atoms with Crippen molar-refractivity contribution in [3.63, 3.8) is 0 Å². The Morgan fingerprint density at radius 3 is 2.94 bits per heavy atom. The van der Waals surface area contributed by atoms with Crippen LogP contribution in [0.25, 0.3) is 0 Å². The first-order valence-electron chi connectivity index (χ1n) is 5.95. The van der Waals surface area contributed by atoms with Crippen LogP contribution in [0.3, 0.4) is 0 Å². The zero-order valence-electron chi connectivity index (χ0n) is 9.70. The summed E-state index contributed by atoms with van der Waals surface area (Å²) in [4.78, 5) is 19.0. The van der Waals surface area contributed by atoms with Gasteiger partial charge in [-0.1, -0.05) is 12.8 Å². The molecule has 5 nitrogen and oxygen atoms in total. The zero-order chi connectivity index (χ0) is 12.1. The normalized spacial score (nSPS) is 17.6. The molecule has 1 saturated carbocycles.